The highest BCUT2D eigenvalue weighted by atomic mass is 19.1. The molecule has 0 radical (unpaired) electrons. The van der Waals surface area contributed by atoms with Crippen molar-refractivity contribution >= 4 is 5.91 Å². The summed E-state index contributed by atoms with van der Waals surface area (Å²) in [5.41, 5.74) is 0.920. The van der Waals surface area contributed by atoms with Crippen LogP contribution in [0.15, 0.2) is 42.6 Å². The predicted molar refractivity (Wildman–Crippen MR) is 100.0 cm³/mol. The number of amides is 1. The van der Waals surface area contributed by atoms with Gasteiger partial charge in [0.15, 0.2) is 0 Å². The molecule has 27 heavy (non-hydrogen) atoms. The van der Waals surface area contributed by atoms with Crippen molar-refractivity contribution in [1.82, 2.24) is 10.3 Å². The van der Waals surface area contributed by atoms with Crippen LogP contribution in [0.3, 0.4) is 0 Å². The lowest BCUT2D eigenvalue weighted by molar-refractivity contribution is -0.130. The van der Waals surface area contributed by atoms with Gasteiger partial charge in [-0.2, -0.15) is 0 Å². The van der Waals surface area contributed by atoms with Gasteiger partial charge in [0, 0.05) is 31.5 Å². The van der Waals surface area contributed by atoms with Crippen molar-refractivity contribution < 1.29 is 18.7 Å². The number of ether oxygens (including phenoxy) is 2. The maximum Gasteiger partial charge on any atom is 0.231 e. The SMILES string of the molecule is CC(C)Oc1ncccc1CNC(=O)C1(c2ccc(F)cc2)CCOCC1. The third-order valence-corrected chi connectivity index (χ3v) is 4.81. The van der Waals surface area contributed by atoms with E-state index in [1.54, 1.807) is 18.3 Å². The van der Waals surface area contributed by atoms with E-state index in [-0.39, 0.29) is 17.8 Å². The van der Waals surface area contributed by atoms with Gasteiger partial charge < -0.3 is 14.8 Å². The normalized spacial score (nSPS) is 16.1. The first-order valence-corrected chi connectivity index (χ1v) is 9.24. The zero-order chi connectivity index (χ0) is 19.3. The van der Waals surface area contributed by atoms with Crippen LogP contribution in [0.1, 0.15) is 37.8 Å². The molecule has 1 aliphatic heterocycles. The van der Waals surface area contributed by atoms with Crippen LogP contribution in [0, 0.1) is 5.82 Å². The van der Waals surface area contributed by atoms with E-state index in [9.17, 15) is 9.18 Å². The van der Waals surface area contributed by atoms with Crippen LogP contribution in [0.4, 0.5) is 4.39 Å². The molecule has 1 saturated heterocycles. The molecule has 0 aliphatic carbocycles. The molecular formula is C21H25FN2O3. The molecule has 0 unspecified atom stereocenters. The van der Waals surface area contributed by atoms with Crippen molar-refractivity contribution in [2.75, 3.05) is 13.2 Å². The van der Waals surface area contributed by atoms with Crippen molar-refractivity contribution in [1.29, 1.82) is 0 Å². The average molecular weight is 372 g/mol. The maximum atomic E-state index is 13.4. The zero-order valence-electron chi connectivity index (χ0n) is 15.7. The number of pyridine rings is 1. The van der Waals surface area contributed by atoms with Crippen LogP contribution in [-0.4, -0.2) is 30.2 Å². The topological polar surface area (TPSA) is 60.5 Å². The van der Waals surface area contributed by atoms with Crippen molar-refractivity contribution in [3.63, 3.8) is 0 Å². The van der Waals surface area contributed by atoms with Crippen LogP contribution in [0.2, 0.25) is 0 Å². The van der Waals surface area contributed by atoms with Crippen LogP contribution >= 0.6 is 0 Å². The van der Waals surface area contributed by atoms with Gasteiger partial charge in [-0.25, -0.2) is 9.37 Å². The van der Waals surface area contributed by atoms with Gasteiger partial charge in [0.2, 0.25) is 11.8 Å². The number of halogens is 1. The largest absolute Gasteiger partial charge is 0.475 e. The molecule has 3 rings (SSSR count). The lowest BCUT2D eigenvalue weighted by Crippen LogP contribution is -2.47. The monoisotopic (exact) mass is 372 g/mol. The van der Waals surface area contributed by atoms with E-state index in [2.05, 4.69) is 10.3 Å². The fourth-order valence-corrected chi connectivity index (χ4v) is 3.37. The van der Waals surface area contributed by atoms with Gasteiger partial charge in [-0.15, -0.1) is 0 Å². The van der Waals surface area contributed by atoms with Crippen LogP contribution in [0.5, 0.6) is 5.88 Å². The Kier molecular flexibility index (Phi) is 6.06. The molecule has 1 amide bonds. The highest BCUT2D eigenvalue weighted by Crippen LogP contribution is 2.35. The molecule has 144 valence electrons. The molecule has 6 heteroatoms. The van der Waals surface area contributed by atoms with E-state index in [0.29, 0.717) is 38.5 Å². The quantitative estimate of drug-likeness (QED) is 0.845. The van der Waals surface area contributed by atoms with E-state index in [1.807, 2.05) is 26.0 Å². The minimum atomic E-state index is -0.715. The third kappa shape index (κ3) is 4.45. The van der Waals surface area contributed by atoms with Crippen molar-refractivity contribution in [3.05, 3.63) is 59.5 Å². The molecule has 0 atom stereocenters. The van der Waals surface area contributed by atoms with Crippen LogP contribution in [-0.2, 0) is 21.5 Å². The zero-order valence-corrected chi connectivity index (χ0v) is 15.7. The molecule has 2 aromatic rings. The Hall–Kier alpha value is -2.47. The van der Waals surface area contributed by atoms with Gasteiger partial charge in [0.1, 0.15) is 5.82 Å². The molecule has 0 spiro atoms. The Morgan fingerprint density at radius 1 is 1.26 bits per heavy atom. The molecule has 2 heterocycles. The first-order valence-electron chi connectivity index (χ1n) is 9.24. The predicted octanol–water partition coefficient (Wildman–Crippen LogP) is 3.37. The van der Waals surface area contributed by atoms with Gasteiger partial charge in [-0.3, -0.25) is 4.79 Å². The first-order chi connectivity index (χ1) is 13.0. The highest BCUT2D eigenvalue weighted by molar-refractivity contribution is 5.88. The summed E-state index contributed by atoms with van der Waals surface area (Å²) in [7, 11) is 0. The Morgan fingerprint density at radius 2 is 1.96 bits per heavy atom. The average Bonchev–Trinajstić information content (AvgIpc) is 2.67. The summed E-state index contributed by atoms with van der Waals surface area (Å²) in [4.78, 5) is 17.4. The minimum Gasteiger partial charge on any atom is -0.475 e. The van der Waals surface area contributed by atoms with E-state index in [4.69, 9.17) is 9.47 Å². The first kappa shape index (κ1) is 19.3. The molecular weight excluding hydrogens is 347 g/mol. The minimum absolute atomic E-state index is 0.00426. The number of carbonyl (C=O) groups excluding carboxylic acids is 1. The van der Waals surface area contributed by atoms with Gasteiger partial charge in [0.25, 0.3) is 0 Å². The Balaban J connectivity index is 1.79. The Morgan fingerprint density at radius 3 is 2.63 bits per heavy atom. The summed E-state index contributed by atoms with van der Waals surface area (Å²) < 4.78 is 24.5. The lowest BCUT2D eigenvalue weighted by Gasteiger charge is -2.36. The van der Waals surface area contributed by atoms with Crippen LogP contribution < -0.4 is 10.1 Å². The smallest absolute Gasteiger partial charge is 0.231 e. The summed E-state index contributed by atoms with van der Waals surface area (Å²) in [5.74, 6) is 0.125. The summed E-state index contributed by atoms with van der Waals surface area (Å²) in [5, 5.41) is 3.03. The van der Waals surface area contributed by atoms with Gasteiger partial charge in [0.05, 0.1) is 11.5 Å². The third-order valence-electron chi connectivity index (χ3n) is 4.81. The summed E-state index contributed by atoms with van der Waals surface area (Å²) in [6.45, 7) is 5.18. The molecule has 1 N–H and O–H groups in total. The standard InChI is InChI=1S/C21H25FN2O3/c1-15(2)27-19-16(4-3-11-23-19)14-24-20(25)21(9-12-26-13-10-21)17-5-7-18(22)8-6-17/h3-8,11,15H,9-10,12-14H2,1-2H3,(H,24,25). The molecule has 1 aliphatic rings. The number of carbonyl (C=O) groups is 1. The maximum absolute atomic E-state index is 13.4. The fourth-order valence-electron chi connectivity index (χ4n) is 3.37. The van der Waals surface area contributed by atoms with Gasteiger partial charge in [-0.05, 0) is 50.5 Å². The molecule has 1 aromatic carbocycles. The van der Waals surface area contributed by atoms with Crippen molar-refractivity contribution in [2.45, 2.75) is 44.8 Å². The van der Waals surface area contributed by atoms with E-state index in [1.165, 1.54) is 12.1 Å². The number of hydrogen-bond acceptors (Lipinski definition) is 4. The van der Waals surface area contributed by atoms with Crippen molar-refractivity contribution in [2.24, 2.45) is 0 Å². The van der Waals surface area contributed by atoms with E-state index < -0.39 is 5.41 Å². The lowest BCUT2D eigenvalue weighted by atomic mass is 9.73. The molecule has 5 nitrogen and oxygen atoms in total. The number of benzene rings is 1. The van der Waals surface area contributed by atoms with Crippen molar-refractivity contribution in [3.8, 4) is 5.88 Å². The van der Waals surface area contributed by atoms with Gasteiger partial charge >= 0.3 is 0 Å². The number of hydrogen-bond donors (Lipinski definition) is 1. The second-order valence-corrected chi connectivity index (χ2v) is 7.02. The summed E-state index contributed by atoms with van der Waals surface area (Å²) in [6.07, 6.45) is 2.79. The Labute approximate surface area is 158 Å². The van der Waals surface area contributed by atoms with E-state index >= 15 is 0 Å². The molecule has 1 fully saturated rings. The number of nitrogens with zero attached hydrogens (tertiary/aromatic N) is 1. The second kappa shape index (κ2) is 8.48. The Bertz CT molecular complexity index is 771. The van der Waals surface area contributed by atoms with Gasteiger partial charge in [-0.1, -0.05) is 18.2 Å². The number of aromatic nitrogens is 1. The molecule has 1 aromatic heterocycles. The number of rotatable bonds is 6. The summed E-state index contributed by atoms with van der Waals surface area (Å²) >= 11 is 0. The fraction of sp³-hybridized carbons (Fsp3) is 0.429. The second-order valence-electron chi connectivity index (χ2n) is 7.02. The highest BCUT2D eigenvalue weighted by Gasteiger charge is 2.41. The summed E-state index contributed by atoms with van der Waals surface area (Å²) in [6, 6.07) is 9.89. The van der Waals surface area contributed by atoms with Crippen LogP contribution in [0.25, 0.3) is 0 Å². The molecule has 0 bridgehead atoms. The molecule has 0 saturated carbocycles. The number of nitrogens with one attached hydrogen (secondary N) is 1. The van der Waals surface area contributed by atoms with E-state index in [0.717, 1.165) is 11.1 Å².